The molecule has 0 bridgehead atoms. The van der Waals surface area contributed by atoms with E-state index in [4.69, 9.17) is 4.74 Å². The van der Waals surface area contributed by atoms with Gasteiger partial charge in [0.05, 0.1) is 0 Å². The van der Waals surface area contributed by atoms with Crippen LogP contribution in [-0.2, 0) is 9.53 Å². The van der Waals surface area contributed by atoms with E-state index in [1.54, 1.807) is 0 Å². The van der Waals surface area contributed by atoms with E-state index in [0.717, 1.165) is 32.1 Å². The van der Waals surface area contributed by atoms with E-state index in [2.05, 4.69) is 13.8 Å². The third-order valence-corrected chi connectivity index (χ3v) is 3.63. The zero-order valence-corrected chi connectivity index (χ0v) is 10.8. The van der Waals surface area contributed by atoms with Crippen LogP contribution >= 0.6 is 0 Å². The van der Waals surface area contributed by atoms with E-state index in [1.165, 1.54) is 19.3 Å². The Labute approximate surface area is 99.8 Å². The average Bonchev–Trinajstić information content (AvgIpc) is 2.30. The van der Waals surface area contributed by atoms with Gasteiger partial charge in [-0.3, -0.25) is 4.79 Å². The Morgan fingerprint density at radius 3 is 2.62 bits per heavy atom. The molecule has 0 aromatic carbocycles. The van der Waals surface area contributed by atoms with Gasteiger partial charge in [0.2, 0.25) is 0 Å². The first-order valence-electron chi connectivity index (χ1n) is 6.97. The highest BCUT2D eigenvalue weighted by molar-refractivity contribution is 5.69. The quantitative estimate of drug-likeness (QED) is 0.504. The predicted molar refractivity (Wildman–Crippen MR) is 66.3 cm³/mol. The van der Waals surface area contributed by atoms with Gasteiger partial charge in [-0.25, -0.2) is 0 Å². The van der Waals surface area contributed by atoms with Gasteiger partial charge in [-0.1, -0.05) is 33.1 Å². The van der Waals surface area contributed by atoms with Crippen molar-refractivity contribution in [1.29, 1.82) is 0 Å². The van der Waals surface area contributed by atoms with Crippen LogP contribution in [0.25, 0.3) is 0 Å². The largest absolute Gasteiger partial charge is 0.462 e. The van der Waals surface area contributed by atoms with Crippen LogP contribution in [0.2, 0.25) is 0 Å². The standard InChI is InChI=1S/C14H26O2/c1-3-5-6-11-14(15)16-13-10-8-7-9-12(13)4-2/h12-13H,3-11H2,1-2H3. The SMILES string of the molecule is CCCCCC(=O)OC1CCCCC1CC. The van der Waals surface area contributed by atoms with E-state index in [-0.39, 0.29) is 12.1 Å². The van der Waals surface area contributed by atoms with Crippen LogP contribution in [0.5, 0.6) is 0 Å². The molecule has 0 spiro atoms. The van der Waals surface area contributed by atoms with Crippen LogP contribution in [0.15, 0.2) is 0 Å². The normalized spacial score (nSPS) is 25.4. The summed E-state index contributed by atoms with van der Waals surface area (Å²) in [6.07, 6.45) is 10.1. The Morgan fingerprint density at radius 1 is 1.19 bits per heavy atom. The van der Waals surface area contributed by atoms with Gasteiger partial charge in [-0.2, -0.15) is 0 Å². The van der Waals surface area contributed by atoms with Crippen LogP contribution in [0, 0.1) is 5.92 Å². The van der Waals surface area contributed by atoms with Gasteiger partial charge in [0.1, 0.15) is 6.10 Å². The molecule has 0 heterocycles. The molecule has 0 aliphatic heterocycles. The van der Waals surface area contributed by atoms with E-state index in [1.807, 2.05) is 0 Å². The number of ether oxygens (including phenoxy) is 1. The lowest BCUT2D eigenvalue weighted by atomic mass is 9.85. The molecule has 2 atom stereocenters. The molecule has 0 saturated heterocycles. The van der Waals surface area contributed by atoms with Crippen LogP contribution in [0.4, 0.5) is 0 Å². The van der Waals surface area contributed by atoms with Crippen molar-refractivity contribution >= 4 is 5.97 Å². The topological polar surface area (TPSA) is 26.3 Å². The Kier molecular flexibility index (Phi) is 6.51. The van der Waals surface area contributed by atoms with E-state index in [9.17, 15) is 4.79 Å². The summed E-state index contributed by atoms with van der Waals surface area (Å²) in [5, 5.41) is 0. The van der Waals surface area contributed by atoms with Gasteiger partial charge in [0.25, 0.3) is 0 Å². The number of carbonyl (C=O) groups is 1. The van der Waals surface area contributed by atoms with Gasteiger partial charge >= 0.3 is 5.97 Å². The Hall–Kier alpha value is -0.530. The smallest absolute Gasteiger partial charge is 0.306 e. The number of esters is 1. The zero-order valence-electron chi connectivity index (χ0n) is 10.8. The summed E-state index contributed by atoms with van der Waals surface area (Å²) in [4.78, 5) is 11.6. The van der Waals surface area contributed by atoms with Crippen molar-refractivity contribution in [2.24, 2.45) is 5.92 Å². The van der Waals surface area contributed by atoms with Crippen molar-refractivity contribution in [1.82, 2.24) is 0 Å². The monoisotopic (exact) mass is 226 g/mol. The molecule has 2 unspecified atom stereocenters. The number of hydrogen-bond donors (Lipinski definition) is 0. The second kappa shape index (κ2) is 7.70. The van der Waals surface area contributed by atoms with Gasteiger partial charge in [0, 0.05) is 6.42 Å². The van der Waals surface area contributed by atoms with Crippen LogP contribution in [0.1, 0.15) is 71.6 Å². The zero-order chi connectivity index (χ0) is 11.8. The average molecular weight is 226 g/mol. The van der Waals surface area contributed by atoms with Crippen molar-refractivity contribution in [2.75, 3.05) is 0 Å². The number of rotatable bonds is 6. The van der Waals surface area contributed by atoms with Crippen molar-refractivity contribution in [3.63, 3.8) is 0 Å². The summed E-state index contributed by atoms with van der Waals surface area (Å²) in [5.74, 6) is 0.641. The molecule has 0 aromatic heterocycles. The van der Waals surface area contributed by atoms with E-state index in [0.29, 0.717) is 12.3 Å². The lowest BCUT2D eigenvalue weighted by Gasteiger charge is -2.30. The molecule has 1 saturated carbocycles. The molecule has 1 rings (SSSR count). The molecule has 1 aliphatic carbocycles. The highest BCUT2D eigenvalue weighted by Crippen LogP contribution is 2.29. The van der Waals surface area contributed by atoms with Gasteiger partial charge < -0.3 is 4.74 Å². The van der Waals surface area contributed by atoms with E-state index < -0.39 is 0 Å². The summed E-state index contributed by atoms with van der Waals surface area (Å²) < 4.78 is 5.60. The summed E-state index contributed by atoms with van der Waals surface area (Å²) in [6, 6.07) is 0. The molecule has 1 fully saturated rings. The number of unbranched alkanes of at least 4 members (excludes halogenated alkanes) is 2. The molecule has 1 aliphatic rings. The first-order chi connectivity index (χ1) is 7.77. The Morgan fingerprint density at radius 2 is 1.94 bits per heavy atom. The number of hydrogen-bond acceptors (Lipinski definition) is 2. The minimum atomic E-state index is 0.0267. The summed E-state index contributed by atoms with van der Waals surface area (Å²) in [5.41, 5.74) is 0. The van der Waals surface area contributed by atoms with Crippen molar-refractivity contribution in [3.05, 3.63) is 0 Å². The molecular weight excluding hydrogens is 200 g/mol. The molecule has 0 radical (unpaired) electrons. The first-order valence-corrected chi connectivity index (χ1v) is 6.97. The van der Waals surface area contributed by atoms with Crippen LogP contribution < -0.4 is 0 Å². The third kappa shape index (κ3) is 4.54. The lowest BCUT2D eigenvalue weighted by molar-refractivity contribution is -0.153. The Balaban J connectivity index is 2.25. The summed E-state index contributed by atoms with van der Waals surface area (Å²) >= 11 is 0. The maximum absolute atomic E-state index is 11.6. The predicted octanol–water partition coefficient (Wildman–Crippen LogP) is 4.08. The second-order valence-corrected chi connectivity index (χ2v) is 4.94. The van der Waals surface area contributed by atoms with Gasteiger partial charge in [-0.15, -0.1) is 0 Å². The lowest BCUT2D eigenvalue weighted by Crippen LogP contribution is -2.29. The fourth-order valence-electron chi connectivity index (χ4n) is 2.54. The third-order valence-electron chi connectivity index (χ3n) is 3.63. The van der Waals surface area contributed by atoms with Gasteiger partial charge in [0.15, 0.2) is 0 Å². The molecule has 94 valence electrons. The maximum atomic E-state index is 11.6. The van der Waals surface area contributed by atoms with Crippen molar-refractivity contribution in [2.45, 2.75) is 77.7 Å². The molecule has 2 heteroatoms. The van der Waals surface area contributed by atoms with Crippen molar-refractivity contribution in [3.8, 4) is 0 Å². The Bertz CT molecular complexity index is 201. The second-order valence-electron chi connectivity index (χ2n) is 4.94. The fourth-order valence-corrected chi connectivity index (χ4v) is 2.54. The maximum Gasteiger partial charge on any atom is 0.306 e. The molecule has 16 heavy (non-hydrogen) atoms. The van der Waals surface area contributed by atoms with Crippen molar-refractivity contribution < 1.29 is 9.53 Å². The molecular formula is C14H26O2. The first kappa shape index (κ1) is 13.5. The summed E-state index contributed by atoms with van der Waals surface area (Å²) in [6.45, 7) is 4.35. The minimum absolute atomic E-state index is 0.0267. The molecule has 0 N–H and O–H groups in total. The molecule has 0 aromatic rings. The van der Waals surface area contributed by atoms with E-state index >= 15 is 0 Å². The van der Waals surface area contributed by atoms with Crippen LogP contribution in [-0.4, -0.2) is 12.1 Å². The minimum Gasteiger partial charge on any atom is -0.462 e. The number of carbonyl (C=O) groups excluding carboxylic acids is 1. The summed E-state index contributed by atoms with van der Waals surface area (Å²) in [7, 11) is 0. The highest BCUT2D eigenvalue weighted by Gasteiger charge is 2.26. The van der Waals surface area contributed by atoms with Gasteiger partial charge in [-0.05, 0) is 38.0 Å². The molecule has 2 nitrogen and oxygen atoms in total. The molecule has 0 amide bonds. The fraction of sp³-hybridized carbons (Fsp3) is 0.929. The highest BCUT2D eigenvalue weighted by atomic mass is 16.5. The van der Waals surface area contributed by atoms with Crippen LogP contribution in [0.3, 0.4) is 0 Å².